The van der Waals surface area contributed by atoms with Crippen LogP contribution < -0.4 is 10.1 Å². The van der Waals surface area contributed by atoms with E-state index >= 15 is 0 Å². The van der Waals surface area contributed by atoms with Crippen LogP contribution in [0.5, 0.6) is 5.75 Å². The summed E-state index contributed by atoms with van der Waals surface area (Å²) in [4.78, 5) is 11.6. The predicted molar refractivity (Wildman–Crippen MR) is 70.7 cm³/mol. The number of ether oxygens (including phenoxy) is 2. The van der Waals surface area contributed by atoms with Crippen LogP contribution in [0.2, 0.25) is 0 Å². The summed E-state index contributed by atoms with van der Waals surface area (Å²) < 4.78 is 10.5. The van der Waals surface area contributed by atoms with Gasteiger partial charge in [0.1, 0.15) is 5.75 Å². The molecule has 0 aliphatic rings. The lowest BCUT2D eigenvalue weighted by atomic mass is 10.1. The molecule has 1 aromatic rings. The van der Waals surface area contributed by atoms with E-state index in [1.54, 1.807) is 31.4 Å². The summed E-state index contributed by atoms with van der Waals surface area (Å²) in [6.07, 6.45) is 0. The Labute approximate surface area is 113 Å². The molecule has 0 aliphatic heterocycles. The largest absolute Gasteiger partial charge is 0.484 e. The van der Waals surface area contributed by atoms with Crippen LogP contribution in [0.1, 0.15) is 19.4 Å². The molecule has 0 bridgehead atoms. The van der Waals surface area contributed by atoms with Gasteiger partial charge in [-0.05, 0) is 38.1 Å². The molecule has 0 heterocycles. The minimum Gasteiger partial charge on any atom is -0.484 e. The summed E-state index contributed by atoms with van der Waals surface area (Å²) in [5.41, 5.74) is 0.156. The zero-order valence-electron chi connectivity index (χ0n) is 11.4. The van der Waals surface area contributed by atoms with Crippen molar-refractivity contribution < 1.29 is 14.3 Å². The molecular weight excluding hydrogens is 244 g/mol. The smallest absolute Gasteiger partial charge is 0.258 e. The van der Waals surface area contributed by atoms with E-state index < -0.39 is 5.60 Å². The number of benzene rings is 1. The van der Waals surface area contributed by atoms with Crippen LogP contribution in [0, 0.1) is 11.3 Å². The highest BCUT2D eigenvalue weighted by Crippen LogP contribution is 2.11. The van der Waals surface area contributed by atoms with E-state index in [0.29, 0.717) is 17.9 Å². The van der Waals surface area contributed by atoms with Crippen molar-refractivity contribution in [2.75, 3.05) is 20.3 Å². The lowest BCUT2D eigenvalue weighted by molar-refractivity contribution is -0.124. The highest BCUT2D eigenvalue weighted by Gasteiger charge is 2.17. The molecule has 1 rings (SSSR count). The van der Waals surface area contributed by atoms with E-state index in [1.807, 2.05) is 19.9 Å². The third-order valence-electron chi connectivity index (χ3n) is 2.62. The fourth-order valence-corrected chi connectivity index (χ4v) is 1.21. The van der Waals surface area contributed by atoms with Crippen LogP contribution in [0.15, 0.2) is 24.3 Å². The Kier molecular flexibility index (Phi) is 5.34. The number of nitrogens with zero attached hydrogens (tertiary/aromatic N) is 1. The van der Waals surface area contributed by atoms with E-state index in [0.717, 1.165) is 0 Å². The number of hydrogen-bond donors (Lipinski definition) is 1. The maximum absolute atomic E-state index is 11.6. The number of methoxy groups -OCH3 is 1. The molecule has 0 spiro atoms. The SMILES string of the molecule is COC(C)(C)CNC(=O)COc1ccc(C#N)cc1. The Morgan fingerprint density at radius 2 is 2.00 bits per heavy atom. The zero-order chi connectivity index (χ0) is 14.3. The number of nitriles is 1. The normalized spacial score (nSPS) is 10.6. The molecule has 0 fully saturated rings. The molecule has 5 nitrogen and oxygen atoms in total. The molecule has 0 radical (unpaired) electrons. The molecule has 0 atom stereocenters. The van der Waals surface area contributed by atoms with E-state index in [1.165, 1.54) is 0 Å². The summed E-state index contributed by atoms with van der Waals surface area (Å²) in [6, 6.07) is 8.61. The van der Waals surface area contributed by atoms with Gasteiger partial charge in [-0.3, -0.25) is 4.79 Å². The maximum Gasteiger partial charge on any atom is 0.258 e. The fourth-order valence-electron chi connectivity index (χ4n) is 1.21. The molecule has 102 valence electrons. The Morgan fingerprint density at radius 3 is 2.53 bits per heavy atom. The van der Waals surface area contributed by atoms with Gasteiger partial charge in [-0.15, -0.1) is 0 Å². The average molecular weight is 262 g/mol. The lowest BCUT2D eigenvalue weighted by Gasteiger charge is -2.23. The Morgan fingerprint density at radius 1 is 1.37 bits per heavy atom. The molecule has 19 heavy (non-hydrogen) atoms. The lowest BCUT2D eigenvalue weighted by Crippen LogP contribution is -2.41. The average Bonchev–Trinajstić information content (AvgIpc) is 2.43. The number of rotatable bonds is 6. The highest BCUT2D eigenvalue weighted by atomic mass is 16.5. The summed E-state index contributed by atoms with van der Waals surface area (Å²) in [5, 5.41) is 11.4. The van der Waals surface area contributed by atoms with Crippen molar-refractivity contribution in [3.8, 4) is 11.8 Å². The zero-order valence-corrected chi connectivity index (χ0v) is 11.4. The van der Waals surface area contributed by atoms with Gasteiger partial charge in [-0.2, -0.15) is 5.26 Å². The van der Waals surface area contributed by atoms with Gasteiger partial charge >= 0.3 is 0 Å². The van der Waals surface area contributed by atoms with Crippen molar-refractivity contribution in [1.29, 1.82) is 5.26 Å². The highest BCUT2D eigenvalue weighted by molar-refractivity contribution is 5.77. The topological polar surface area (TPSA) is 71.3 Å². The summed E-state index contributed by atoms with van der Waals surface area (Å²) in [7, 11) is 1.60. The van der Waals surface area contributed by atoms with E-state index in [2.05, 4.69) is 5.32 Å². The molecule has 0 aliphatic carbocycles. The monoisotopic (exact) mass is 262 g/mol. The second-order valence-electron chi connectivity index (χ2n) is 4.67. The van der Waals surface area contributed by atoms with Crippen LogP contribution in [0.4, 0.5) is 0 Å². The minimum absolute atomic E-state index is 0.0638. The number of amides is 1. The summed E-state index contributed by atoms with van der Waals surface area (Å²) >= 11 is 0. The van der Waals surface area contributed by atoms with Gasteiger partial charge in [0.2, 0.25) is 0 Å². The first kappa shape index (κ1) is 15.0. The van der Waals surface area contributed by atoms with Crippen LogP contribution in [0.3, 0.4) is 0 Å². The maximum atomic E-state index is 11.6. The van der Waals surface area contributed by atoms with Crippen LogP contribution >= 0.6 is 0 Å². The van der Waals surface area contributed by atoms with Crippen molar-refractivity contribution in [1.82, 2.24) is 5.32 Å². The van der Waals surface area contributed by atoms with Gasteiger partial charge in [0.05, 0.1) is 17.2 Å². The third-order valence-corrected chi connectivity index (χ3v) is 2.62. The van der Waals surface area contributed by atoms with Gasteiger partial charge in [0.25, 0.3) is 5.91 Å². The number of carbonyl (C=O) groups is 1. The Hall–Kier alpha value is -2.06. The van der Waals surface area contributed by atoms with Gasteiger partial charge in [0, 0.05) is 13.7 Å². The predicted octanol–water partition coefficient (Wildman–Crippen LogP) is 1.48. The van der Waals surface area contributed by atoms with E-state index in [-0.39, 0.29) is 12.5 Å². The molecule has 5 heteroatoms. The standard InChI is InChI=1S/C14H18N2O3/c1-14(2,18-3)10-16-13(17)9-19-12-6-4-11(8-15)5-7-12/h4-7H,9-10H2,1-3H3,(H,16,17). The second kappa shape index (κ2) is 6.76. The first-order chi connectivity index (χ1) is 8.96. The molecule has 1 N–H and O–H groups in total. The number of nitrogens with one attached hydrogen (secondary N) is 1. The van der Waals surface area contributed by atoms with Gasteiger partial charge in [0.15, 0.2) is 6.61 Å². The quantitative estimate of drug-likeness (QED) is 0.843. The molecule has 0 aromatic heterocycles. The molecule has 1 aromatic carbocycles. The Balaban J connectivity index is 2.36. The molecule has 1 amide bonds. The molecule has 0 unspecified atom stereocenters. The van der Waals surface area contributed by atoms with Crippen LogP contribution in [-0.2, 0) is 9.53 Å². The van der Waals surface area contributed by atoms with Crippen molar-refractivity contribution in [2.24, 2.45) is 0 Å². The van der Waals surface area contributed by atoms with Crippen molar-refractivity contribution in [3.63, 3.8) is 0 Å². The van der Waals surface area contributed by atoms with Crippen molar-refractivity contribution in [2.45, 2.75) is 19.4 Å². The van der Waals surface area contributed by atoms with E-state index in [4.69, 9.17) is 14.7 Å². The second-order valence-corrected chi connectivity index (χ2v) is 4.67. The minimum atomic E-state index is -0.399. The molecule has 0 saturated carbocycles. The fraction of sp³-hybridized carbons (Fsp3) is 0.429. The number of hydrogen-bond acceptors (Lipinski definition) is 4. The van der Waals surface area contributed by atoms with Gasteiger partial charge in [-0.25, -0.2) is 0 Å². The Bertz CT molecular complexity index is 461. The first-order valence-corrected chi connectivity index (χ1v) is 5.91. The van der Waals surface area contributed by atoms with Gasteiger partial charge < -0.3 is 14.8 Å². The third kappa shape index (κ3) is 5.40. The van der Waals surface area contributed by atoms with Crippen molar-refractivity contribution in [3.05, 3.63) is 29.8 Å². The van der Waals surface area contributed by atoms with Crippen LogP contribution in [0.25, 0.3) is 0 Å². The summed E-state index contributed by atoms with van der Waals surface area (Å²) in [6.45, 7) is 4.12. The number of carbonyl (C=O) groups excluding carboxylic acids is 1. The first-order valence-electron chi connectivity index (χ1n) is 5.91. The van der Waals surface area contributed by atoms with Crippen LogP contribution in [-0.4, -0.2) is 31.8 Å². The summed E-state index contributed by atoms with van der Waals surface area (Å²) in [5.74, 6) is 0.342. The van der Waals surface area contributed by atoms with Crippen molar-refractivity contribution >= 4 is 5.91 Å². The molecular formula is C14H18N2O3. The molecule has 0 saturated heterocycles. The van der Waals surface area contributed by atoms with E-state index in [9.17, 15) is 4.79 Å². The van der Waals surface area contributed by atoms with Gasteiger partial charge in [-0.1, -0.05) is 0 Å².